The first-order valence-electron chi connectivity index (χ1n) is 7.51. The molecule has 1 aliphatic carbocycles. The van der Waals surface area contributed by atoms with Crippen LogP contribution in [0.4, 0.5) is 0 Å². The highest BCUT2D eigenvalue weighted by Gasteiger charge is 2.30. The summed E-state index contributed by atoms with van der Waals surface area (Å²) in [4.78, 5) is 12.3. The molecule has 0 atom stereocenters. The van der Waals surface area contributed by atoms with Crippen LogP contribution in [0.3, 0.4) is 0 Å². The van der Waals surface area contributed by atoms with Crippen LogP contribution in [0.1, 0.15) is 49.4 Å². The van der Waals surface area contributed by atoms with E-state index in [1.807, 2.05) is 6.92 Å². The lowest BCUT2D eigenvalue weighted by molar-refractivity contribution is 0.101. The van der Waals surface area contributed by atoms with E-state index in [1.165, 1.54) is 0 Å². The maximum Gasteiger partial charge on any atom is 0.181 e. The summed E-state index contributed by atoms with van der Waals surface area (Å²) in [7, 11) is -3.37. The molecule has 1 aromatic carbocycles. The quantitative estimate of drug-likeness (QED) is 0.758. The third-order valence-electron chi connectivity index (χ3n) is 3.88. The van der Waals surface area contributed by atoms with Crippen LogP contribution in [-0.2, 0) is 9.84 Å². The lowest BCUT2D eigenvalue weighted by Gasteiger charge is -2.21. The number of carbonyl (C=O) groups excluding carboxylic acids is 1. The topological polar surface area (TPSA) is 60.4 Å². The van der Waals surface area contributed by atoms with Crippen molar-refractivity contribution < 1.29 is 17.9 Å². The second-order valence-corrected chi connectivity index (χ2v) is 7.70. The summed E-state index contributed by atoms with van der Waals surface area (Å²) in [6.45, 7) is 2.28. The molecule has 0 heterocycles. The smallest absolute Gasteiger partial charge is 0.181 e. The summed E-state index contributed by atoms with van der Waals surface area (Å²) >= 11 is 0. The fourth-order valence-electron chi connectivity index (χ4n) is 2.78. The summed E-state index contributed by atoms with van der Waals surface area (Å²) in [6, 6.07) is 6.83. The van der Waals surface area contributed by atoms with Crippen molar-refractivity contribution in [2.24, 2.45) is 0 Å². The molecule has 4 nitrogen and oxygen atoms in total. The molecule has 0 unspecified atom stereocenters. The van der Waals surface area contributed by atoms with E-state index in [2.05, 4.69) is 0 Å². The van der Waals surface area contributed by atoms with Crippen LogP contribution in [0, 0.1) is 0 Å². The summed E-state index contributed by atoms with van der Waals surface area (Å²) in [5, 5.41) is -0.352. The molecule has 0 saturated heterocycles. The first-order valence-corrected chi connectivity index (χ1v) is 9.22. The molecule has 0 aromatic heterocycles. The van der Waals surface area contributed by atoms with Crippen LogP contribution in [0.15, 0.2) is 24.3 Å². The van der Waals surface area contributed by atoms with Crippen molar-refractivity contribution in [1.29, 1.82) is 0 Å². The lowest BCUT2D eigenvalue weighted by Crippen LogP contribution is -2.30. The second kappa shape index (κ2) is 7.07. The number of para-hydroxylation sites is 1. The molecule has 5 heteroatoms. The average molecular weight is 310 g/mol. The van der Waals surface area contributed by atoms with Gasteiger partial charge in [-0.15, -0.1) is 0 Å². The van der Waals surface area contributed by atoms with Gasteiger partial charge in [-0.3, -0.25) is 4.79 Å². The van der Waals surface area contributed by atoms with E-state index in [4.69, 9.17) is 4.74 Å². The number of Topliss-reactive ketones (excluding diaryl/α,β-unsaturated/α-hetero) is 1. The van der Waals surface area contributed by atoms with Crippen LogP contribution >= 0.6 is 0 Å². The summed E-state index contributed by atoms with van der Waals surface area (Å²) in [5.74, 6) is -0.324. The molecule has 0 radical (unpaired) electrons. The number of hydrogen-bond acceptors (Lipinski definition) is 4. The van der Waals surface area contributed by atoms with Gasteiger partial charge in [-0.05, 0) is 31.9 Å². The number of ether oxygens (including phenoxy) is 1. The molecule has 1 aliphatic rings. The standard InChI is InChI=1S/C16H22O4S/c1-2-20-16-11-7-6-10-14(16)15(17)12-21(18,19)13-8-4-3-5-9-13/h6-7,10-11,13H,2-5,8-9,12H2,1H3. The molecule has 1 fully saturated rings. The molecular formula is C16H22O4S. The van der Waals surface area contributed by atoms with Crippen molar-refractivity contribution in [2.45, 2.75) is 44.3 Å². The van der Waals surface area contributed by atoms with Crippen molar-refractivity contribution in [3.8, 4) is 5.75 Å². The molecule has 0 amide bonds. The van der Waals surface area contributed by atoms with Gasteiger partial charge in [0.1, 0.15) is 11.5 Å². The number of ketones is 1. The Kier molecular flexibility index (Phi) is 5.39. The Labute approximate surface area is 126 Å². The monoisotopic (exact) mass is 310 g/mol. The number of benzene rings is 1. The zero-order chi connectivity index (χ0) is 15.3. The minimum Gasteiger partial charge on any atom is -0.493 e. The van der Waals surface area contributed by atoms with Crippen molar-refractivity contribution in [3.05, 3.63) is 29.8 Å². The van der Waals surface area contributed by atoms with E-state index < -0.39 is 15.6 Å². The average Bonchev–Trinajstić information content (AvgIpc) is 2.48. The number of carbonyl (C=O) groups is 1. The Bertz CT molecular complexity index is 586. The minimum atomic E-state index is -3.37. The Morgan fingerprint density at radius 1 is 1.19 bits per heavy atom. The number of rotatable bonds is 6. The molecule has 1 aromatic rings. The Balaban J connectivity index is 2.13. The zero-order valence-electron chi connectivity index (χ0n) is 12.4. The van der Waals surface area contributed by atoms with Gasteiger partial charge < -0.3 is 4.74 Å². The molecule has 1 saturated carbocycles. The molecule has 0 aliphatic heterocycles. The van der Waals surface area contributed by atoms with Gasteiger partial charge >= 0.3 is 0 Å². The largest absolute Gasteiger partial charge is 0.493 e. The molecule has 21 heavy (non-hydrogen) atoms. The van der Waals surface area contributed by atoms with Gasteiger partial charge in [0, 0.05) is 0 Å². The van der Waals surface area contributed by atoms with Crippen molar-refractivity contribution >= 4 is 15.6 Å². The molecule has 2 rings (SSSR count). The van der Waals surface area contributed by atoms with Gasteiger partial charge in [0.2, 0.25) is 0 Å². The Morgan fingerprint density at radius 3 is 2.52 bits per heavy atom. The molecule has 0 spiro atoms. The molecule has 0 N–H and O–H groups in total. The molecule has 0 bridgehead atoms. The predicted octanol–water partition coefficient (Wildman–Crippen LogP) is 3.02. The van der Waals surface area contributed by atoms with Crippen LogP contribution in [0.5, 0.6) is 5.75 Å². The molecular weight excluding hydrogens is 288 g/mol. The van der Waals surface area contributed by atoms with Gasteiger partial charge in [-0.1, -0.05) is 31.4 Å². The maximum atomic E-state index is 12.4. The van der Waals surface area contributed by atoms with E-state index in [9.17, 15) is 13.2 Å². The highest BCUT2D eigenvalue weighted by atomic mass is 32.2. The van der Waals surface area contributed by atoms with Crippen LogP contribution in [0.25, 0.3) is 0 Å². The fourth-order valence-corrected chi connectivity index (χ4v) is 4.59. The highest BCUT2D eigenvalue weighted by Crippen LogP contribution is 2.26. The van der Waals surface area contributed by atoms with Crippen LogP contribution < -0.4 is 4.74 Å². The third-order valence-corrected chi connectivity index (χ3v) is 6.03. The van der Waals surface area contributed by atoms with Crippen molar-refractivity contribution in [1.82, 2.24) is 0 Å². The van der Waals surface area contributed by atoms with Gasteiger partial charge in [-0.2, -0.15) is 0 Å². The van der Waals surface area contributed by atoms with E-state index >= 15 is 0 Å². The van der Waals surface area contributed by atoms with Gasteiger partial charge in [0.25, 0.3) is 0 Å². The lowest BCUT2D eigenvalue weighted by atomic mass is 10.0. The normalized spacial score (nSPS) is 16.6. The van der Waals surface area contributed by atoms with E-state index in [0.29, 0.717) is 30.8 Å². The van der Waals surface area contributed by atoms with Gasteiger partial charge in [0.05, 0.1) is 17.4 Å². The van der Waals surface area contributed by atoms with E-state index in [-0.39, 0.29) is 11.0 Å². The van der Waals surface area contributed by atoms with Gasteiger partial charge in [-0.25, -0.2) is 8.42 Å². The van der Waals surface area contributed by atoms with E-state index in [1.54, 1.807) is 24.3 Å². The number of sulfone groups is 1. The zero-order valence-corrected chi connectivity index (χ0v) is 13.2. The van der Waals surface area contributed by atoms with Gasteiger partial charge in [0.15, 0.2) is 15.6 Å². The number of hydrogen-bond donors (Lipinski definition) is 0. The first kappa shape index (κ1) is 16.0. The molecule has 116 valence electrons. The fraction of sp³-hybridized carbons (Fsp3) is 0.562. The van der Waals surface area contributed by atoms with Crippen LogP contribution in [-0.4, -0.2) is 31.8 Å². The predicted molar refractivity (Wildman–Crippen MR) is 82.6 cm³/mol. The summed E-state index contributed by atoms with van der Waals surface area (Å²) in [6.07, 6.45) is 4.33. The Hall–Kier alpha value is -1.36. The van der Waals surface area contributed by atoms with E-state index in [0.717, 1.165) is 19.3 Å². The van der Waals surface area contributed by atoms with Crippen LogP contribution in [0.2, 0.25) is 0 Å². The minimum absolute atomic E-state index is 0.352. The Morgan fingerprint density at radius 2 is 1.86 bits per heavy atom. The second-order valence-electron chi connectivity index (χ2n) is 5.42. The third kappa shape index (κ3) is 4.06. The van der Waals surface area contributed by atoms with Crippen molar-refractivity contribution in [3.63, 3.8) is 0 Å². The first-order chi connectivity index (χ1) is 10.0. The summed E-state index contributed by atoms with van der Waals surface area (Å²) < 4.78 is 30.2. The maximum absolute atomic E-state index is 12.4. The summed E-state index contributed by atoms with van der Waals surface area (Å²) in [5.41, 5.74) is 0.360. The van der Waals surface area contributed by atoms with Crippen molar-refractivity contribution in [2.75, 3.05) is 12.4 Å². The highest BCUT2D eigenvalue weighted by molar-refractivity contribution is 7.92. The SMILES string of the molecule is CCOc1ccccc1C(=O)CS(=O)(=O)C1CCCCC1.